The molecule has 0 aliphatic carbocycles. The molecule has 148 valence electrons. The monoisotopic (exact) mass is 458 g/mol. The number of aromatic carboxylic acids is 1. The maximum atomic E-state index is 15.3. The number of halogens is 2. The van der Waals surface area contributed by atoms with Gasteiger partial charge in [-0.25, -0.2) is 9.18 Å². The number of carboxylic acid groups (broad SMARTS) is 1. The van der Waals surface area contributed by atoms with Gasteiger partial charge in [-0.05, 0) is 30.2 Å². The summed E-state index contributed by atoms with van der Waals surface area (Å²) in [5.41, 5.74) is 1.83. The van der Waals surface area contributed by atoms with Gasteiger partial charge in [0.2, 0.25) is 5.43 Å². The minimum Gasteiger partial charge on any atom is -0.487 e. The third-order valence-electron chi connectivity index (χ3n) is 5.61. The Morgan fingerprint density at radius 1 is 1.34 bits per heavy atom. The Kier molecular flexibility index (Phi) is 3.96. The largest absolute Gasteiger partial charge is 0.487 e. The number of hydrogen-bond donors (Lipinski definition) is 1. The molecule has 5 rings (SSSR count). The van der Waals surface area contributed by atoms with E-state index in [9.17, 15) is 14.7 Å². The van der Waals surface area contributed by atoms with Gasteiger partial charge in [0, 0.05) is 23.8 Å². The number of carboxylic acids is 1. The zero-order valence-corrected chi connectivity index (χ0v) is 17.0. The second kappa shape index (κ2) is 6.32. The topological polar surface area (TPSA) is 71.8 Å². The molecular formula is C21H16BrFN2O4. The first-order valence-electron chi connectivity index (χ1n) is 9.15. The number of aromatic nitrogens is 1. The lowest BCUT2D eigenvalue weighted by Crippen LogP contribution is -2.28. The lowest BCUT2D eigenvalue weighted by molar-refractivity contribution is 0.0694. The maximum absolute atomic E-state index is 15.3. The molecule has 0 fully saturated rings. The highest BCUT2D eigenvalue weighted by Gasteiger charge is 2.32. The summed E-state index contributed by atoms with van der Waals surface area (Å²) in [5, 5.41) is 9.41. The van der Waals surface area contributed by atoms with Crippen LogP contribution in [0.1, 0.15) is 34.5 Å². The molecule has 0 saturated carbocycles. The van der Waals surface area contributed by atoms with E-state index in [1.54, 1.807) is 4.57 Å². The SMILES string of the molecule is CC1COc2c(N3Cc4cccc(Br)c4C3)c(F)cc3c(=O)c(C(=O)O)cn1c23. The number of ether oxygens (including phenoxy) is 1. The molecule has 1 atom stereocenters. The van der Waals surface area contributed by atoms with Crippen LogP contribution in [0.4, 0.5) is 10.1 Å². The van der Waals surface area contributed by atoms with Gasteiger partial charge in [0.05, 0.1) is 16.9 Å². The quantitative estimate of drug-likeness (QED) is 0.626. The van der Waals surface area contributed by atoms with Crippen molar-refractivity contribution in [2.45, 2.75) is 26.1 Å². The van der Waals surface area contributed by atoms with Crippen molar-refractivity contribution in [2.24, 2.45) is 0 Å². The minimum absolute atomic E-state index is 0.0191. The van der Waals surface area contributed by atoms with Crippen molar-refractivity contribution < 1.29 is 19.0 Å². The highest BCUT2D eigenvalue weighted by atomic mass is 79.9. The standard InChI is InChI=1S/C21H16BrFN2O4/c1-10-9-29-20-17-12(19(26)14(21(27)28)8-25(10)17)5-16(23)18(20)24-6-11-3-2-4-15(22)13(11)7-24/h2-5,8,10H,6-7,9H2,1H3,(H,27,28). The molecule has 2 aliphatic rings. The molecule has 0 amide bonds. The summed E-state index contributed by atoms with van der Waals surface area (Å²) in [6, 6.07) is 6.84. The summed E-state index contributed by atoms with van der Waals surface area (Å²) < 4.78 is 23.9. The molecule has 0 saturated heterocycles. The van der Waals surface area contributed by atoms with Crippen LogP contribution < -0.4 is 15.1 Å². The van der Waals surface area contributed by atoms with E-state index in [0.29, 0.717) is 24.3 Å². The summed E-state index contributed by atoms with van der Waals surface area (Å²) in [6.07, 6.45) is 1.33. The zero-order chi connectivity index (χ0) is 20.4. The molecule has 1 N–H and O–H groups in total. The van der Waals surface area contributed by atoms with Crippen molar-refractivity contribution >= 4 is 38.5 Å². The fourth-order valence-electron chi connectivity index (χ4n) is 4.20. The Labute approximate surface area is 173 Å². The van der Waals surface area contributed by atoms with Crippen LogP contribution in [0, 0.1) is 5.82 Å². The van der Waals surface area contributed by atoms with Crippen molar-refractivity contribution in [2.75, 3.05) is 11.5 Å². The van der Waals surface area contributed by atoms with E-state index in [-0.39, 0.29) is 29.3 Å². The number of carbonyl (C=O) groups is 1. The fraction of sp³-hybridized carbons (Fsp3) is 0.238. The van der Waals surface area contributed by atoms with Crippen LogP contribution in [-0.4, -0.2) is 22.2 Å². The third kappa shape index (κ3) is 2.58. The number of hydrogen-bond acceptors (Lipinski definition) is 4. The Bertz CT molecular complexity index is 1270. The molecule has 1 aromatic heterocycles. The molecule has 0 bridgehead atoms. The predicted molar refractivity (Wildman–Crippen MR) is 109 cm³/mol. The van der Waals surface area contributed by atoms with E-state index in [0.717, 1.165) is 21.7 Å². The summed E-state index contributed by atoms with van der Waals surface area (Å²) in [4.78, 5) is 26.1. The van der Waals surface area contributed by atoms with Gasteiger partial charge in [-0.15, -0.1) is 0 Å². The van der Waals surface area contributed by atoms with Crippen molar-refractivity contribution in [3.05, 3.63) is 67.7 Å². The van der Waals surface area contributed by atoms with E-state index in [4.69, 9.17) is 4.74 Å². The molecular weight excluding hydrogens is 443 g/mol. The first kappa shape index (κ1) is 18.2. The van der Waals surface area contributed by atoms with E-state index >= 15 is 4.39 Å². The van der Waals surface area contributed by atoms with Crippen LogP contribution in [0.15, 0.2) is 39.7 Å². The average molecular weight is 459 g/mol. The van der Waals surface area contributed by atoms with Gasteiger partial charge < -0.3 is 19.3 Å². The average Bonchev–Trinajstić information content (AvgIpc) is 3.10. The van der Waals surface area contributed by atoms with Crippen molar-refractivity contribution in [1.29, 1.82) is 0 Å². The number of pyridine rings is 1. The first-order chi connectivity index (χ1) is 13.9. The second-order valence-electron chi connectivity index (χ2n) is 7.41. The van der Waals surface area contributed by atoms with Gasteiger partial charge in [-0.1, -0.05) is 28.1 Å². The summed E-state index contributed by atoms with van der Waals surface area (Å²) in [7, 11) is 0. The van der Waals surface area contributed by atoms with Gasteiger partial charge >= 0.3 is 5.97 Å². The lowest BCUT2D eigenvalue weighted by Gasteiger charge is -2.31. The van der Waals surface area contributed by atoms with Crippen molar-refractivity contribution in [3.8, 4) is 5.75 Å². The number of fused-ring (bicyclic) bond motifs is 1. The first-order valence-corrected chi connectivity index (χ1v) is 9.94. The Morgan fingerprint density at radius 3 is 2.86 bits per heavy atom. The Balaban J connectivity index is 1.77. The highest BCUT2D eigenvalue weighted by molar-refractivity contribution is 9.10. The van der Waals surface area contributed by atoms with Crippen LogP contribution in [0.2, 0.25) is 0 Å². The normalized spacial score (nSPS) is 17.3. The van der Waals surface area contributed by atoms with Crippen LogP contribution >= 0.6 is 15.9 Å². The summed E-state index contributed by atoms with van der Waals surface area (Å²) >= 11 is 3.55. The van der Waals surface area contributed by atoms with E-state index in [1.807, 2.05) is 30.0 Å². The number of nitrogens with zero attached hydrogens (tertiary/aromatic N) is 2. The molecule has 0 radical (unpaired) electrons. The summed E-state index contributed by atoms with van der Waals surface area (Å²) in [6.45, 7) is 3.14. The Morgan fingerprint density at radius 2 is 2.14 bits per heavy atom. The molecule has 3 aromatic rings. The van der Waals surface area contributed by atoms with Crippen LogP contribution in [0.5, 0.6) is 5.75 Å². The molecule has 2 aromatic carbocycles. The van der Waals surface area contributed by atoms with Crippen LogP contribution in [0.25, 0.3) is 10.9 Å². The van der Waals surface area contributed by atoms with Gasteiger partial charge in [0.1, 0.15) is 17.9 Å². The maximum Gasteiger partial charge on any atom is 0.341 e. The van der Waals surface area contributed by atoms with Crippen LogP contribution in [-0.2, 0) is 13.1 Å². The highest BCUT2D eigenvalue weighted by Crippen LogP contribution is 2.44. The lowest BCUT2D eigenvalue weighted by atomic mass is 10.1. The minimum atomic E-state index is -1.33. The third-order valence-corrected chi connectivity index (χ3v) is 6.36. The van der Waals surface area contributed by atoms with E-state index < -0.39 is 17.2 Å². The van der Waals surface area contributed by atoms with Gasteiger partial charge in [0.25, 0.3) is 0 Å². The molecule has 29 heavy (non-hydrogen) atoms. The fourth-order valence-corrected chi connectivity index (χ4v) is 4.73. The number of benzene rings is 2. The molecule has 1 unspecified atom stereocenters. The van der Waals surface area contributed by atoms with Gasteiger partial charge in [0.15, 0.2) is 11.6 Å². The van der Waals surface area contributed by atoms with Crippen molar-refractivity contribution in [3.63, 3.8) is 0 Å². The van der Waals surface area contributed by atoms with Crippen molar-refractivity contribution in [1.82, 2.24) is 4.57 Å². The number of rotatable bonds is 2. The smallest absolute Gasteiger partial charge is 0.341 e. The van der Waals surface area contributed by atoms with Gasteiger partial charge in [-0.2, -0.15) is 0 Å². The molecule has 2 aliphatic heterocycles. The Hall–Kier alpha value is -2.87. The van der Waals surface area contributed by atoms with Gasteiger partial charge in [-0.3, -0.25) is 4.79 Å². The second-order valence-corrected chi connectivity index (χ2v) is 8.26. The molecule has 3 heterocycles. The van der Waals surface area contributed by atoms with E-state index in [2.05, 4.69) is 15.9 Å². The predicted octanol–water partition coefficient (Wildman–Crippen LogP) is 4.07. The molecule has 6 nitrogen and oxygen atoms in total. The molecule has 8 heteroatoms. The summed E-state index contributed by atoms with van der Waals surface area (Å²) in [5.74, 6) is -1.64. The van der Waals surface area contributed by atoms with E-state index in [1.165, 1.54) is 6.20 Å². The number of anilines is 1. The molecule has 0 spiro atoms. The zero-order valence-electron chi connectivity index (χ0n) is 15.4. The van der Waals surface area contributed by atoms with Crippen LogP contribution in [0.3, 0.4) is 0 Å².